The van der Waals surface area contributed by atoms with Crippen LogP contribution in [-0.2, 0) is 19.4 Å². The molecule has 23 heavy (non-hydrogen) atoms. The van der Waals surface area contributed by atoms with Crippen molar-refractivity contribution in [3.8, 4) is 0 Å². The minimum Gasteiger partial charge on any atom is -0.323 e. The van der Waals surface area contributed by atoms with Gasteiger partial charge in [-0.25, -0.2) is 14.2 Å². The number of fused-ring (bicyclic) bond motifs is 1. The highest BCUT2D eigenvalue weighted by Crippen LogP contribution is 2.29. The van der Waals surface area contributed by atoms with Gasteiger partial charge in [0, 0.05) is 18.5 Å². The Bertz CT molecular complexity index is 677. The van der Waals surface area contributed by atoms with Gasteiger partial charge in [-0.2, -0.15) is 0 Å². The predicted molar refractivity (Wildman–Crippen MR) is 90.3 cm³/mol. The highest BCUT2D eigenvalue weighted by atomic mass is 32.1. The minimum absolute atomic E-state index is 0.224. The van der Waals surface area contributed by atoms with Crippen molar-refractivity contribution in [1.29, 1.82) is 0 Å². The van der Waals surface area contributed by atoms with Gasteiger partial charge in [-0.15, -0.1) is 11.3 Å². The third-order valence-electron chi connectivity index (χ3n) is 3.97. The molecule has 0 saturated heterocycles. The Labute approximate surface area is 139 Å². The molecule has 1 heterocycles. The molecule has 0 fully saturated rings. The molecule has 0 spiro atoms. The van der Waals surface area contributed by atoms with Crippen LogP contribution in [0.3, 0.4) is 0 Å². The van der Waals surface area contributed by atoms with Crippen LogP contribution in [0.25, 0.3) is 0 Å². The molecule has 0 aliphatic heterocycles. The molecule has 4 nitrogen and oxygen atoms in total. The summed E-state index contributed by atoms with van der Waals surface area (Å²) in [5.74, 6) is -0.292. The van der Waals surface area contributed by atoms with Crippen molar-refractivity contribution in [1.82, 2.24) is 9.88 Å². The van der Waals surface area contributed by atoms with Crippen molar-refractivity contribution in [2.75, 3.05) is 12.4 Å². The third kappa shape index (κ3) is 4.07. The molecule has 2 aromatic rings. The zero-order valence-corrected chi connectivity index (χ0v) is 14.0. The zero-order valence-electron chi connectivity index (χ0n) is 13.1. The normalized spacial score (nSPS) is 14.0. The fraction of sp³-hybridized carbons (Fsp3) is 0.412. The minimum atomic E-state index is -0.292. The Morgan fingerprint density at radius 3 is 3.00 bits per heavy atom. The zero-order chi connectivity index (χ0) is 16.2. The monoisotopic (exact) mass is 333 g/mol. The van der Waals surface area contributed by atoms with Crippen LogP contribution in [0.4, 0.5) is 14.3 Å². The van der Waals surface area contributed by atoms with Gasteiger partial charge >= 0.3 is 6.03 Å². The number of amides is 2. The van der Waals surface area contributed by atoms with Gasteiger partial charge in [0.15, 0.2) is 5.13 Å². The van der Waals surface area contributed by atoms with Crippen molar-refractivity contribution in [3.05, 3.63) is 46.2 Å². The van der Waals surface area contributed by atoms with Crippen LogP contribution in [0.1, 0.15) is 35.4 Å². The Balaban J connectivity index is 1.62. The van der Waals surface area contributed by atoms with Crippen LogP contribution >= 0.6 is 11.3 Å². The summed E-state index contributed by atoms with van der Waals surface area (Å²) in [6.45, 7) is 0.356. The van der Waals surface area contributed by atoms with E-state index in [1.54, 1.807) is 30.5 Å². The first-order valence-electron chi connectivity index (χ1n) is 7.87. The van der Waals surface area contributed by atoms with Crippen LogP contribution in [0, 0.1) is 5.82 Å². The van der Waals surface area contributed by atoms with E-state index in [4.69, 9.17) is 0 Å². The first-order chi connectivity index (χ1) is 11.1. The van der Waals surface area contributed by atoms with E-state index in [9.17, 15) is 9.18 Å². The van der Waals surface area contributed by atoms with Crippen molar-refractivity contribution in [2.45, 2.75) is 38.6 Å². The maximum Gasteiger partial charge on any atom is 0.323 e. The van der Waals surface area contributed by atoms with Gasteiger partial charge in [0.05, 0.1) is 5.69 Å². The largest absolute Gasteiger partial charge is 0.323 e. The summed E-state index contributed by atoms with van der Waals surface area (Å²) in [5, 5.41) is 3.51. The lowest BCUT2D eigenvalue weighted by Gasteiger charge is -2.17. The number of benzene rings is 1. The van der Waals surface area contributed by atoms with E-state index < -0.39 is 0 Å². The number of urea groups is 1. The van der Waals surface area contributed by atoms with Crippen molar-refractivity contribution >= 4 is 22.5 Å². The molecule has 0 bridgehead atoms. The van der Waals surface area contributed by atoms with Gasteiger partial charge in [0.2, 0.25) is 0 Å². The molecule has 122 valence electrons. The summed E-state index contributed by atoms with van der Waals surface area (Å²) in [4.78, 5) is 19.7. The summed E-state index contributed by atoms with van der Waals surface area (Å²) in [6, 6.07) is 6.06. The number of anilines is 1. The second-order valence-electron chi connectivity index (χ2n) is 5.87. The Morgan fingerprint density at radius 2 is 2.17 bits per heavy atom. The molecule has 1 aromatic carbocycles. The molecule has 0 radical (unpaired) electrons. The van der Waals surface area contributed by atoms with Crippen LogP contribution < -0.4 is 5.32 Å². The average molecular weight is 333 g/mol. The molecule has 0 unspecified atom stereocenters. The van der Waals surface area contributed by atoms with E-state index in [1.807, 2.05) is 0 Å². The van der Waals surface area contributed by atoms with Crippen molar-refractivity contribution < 1.29 is 9.18 Å². The molecule has 3 rings (SSSR count). The van der Waals surface area contributed by atoms with Crippen molar-refractivity contribution in [2.24, 2.45) is 0 Å². The van der Waals surface area contributed by atoms with E-state index in [-0.39, 0.29) is 11.8 Å². The van der Waals surface area contributed by atoms with Crippen molar-refractivity contribution in [3.63, 3.8) is 0 Å². The molecular formula is C17H20FN3OS. The van der Waals surface area contributed by atoms with Gasteiger partial charge in [-0.3, -0.25) is 5.32 Å². The number of carbonyl (C=O) groups excluding carboxylic acids is 1. The Morgan fingerprint density at radius 1 is 1.35 bits per heavy atom. The maximum absolute atomic E-state index is 13.2. The van der Waals surface area contributed by atoms with Crippen LogP contribution in [0.15, 0.2) is 24.3 Å². The highest BCUT2D eigenvalue weighted by molar-refractivity contribution is 7.15. The average Bonchev–Trinajstić information content (AvgIpc) is 2.76. The number of aryl methyl sites for hydroxylation is 2. The number of carbonyl (C=O) groups is 1. The highest BCUT2D eigenvalue weighted by Gasteiger charge is 2.17. The molecule has 2 amide bonds. The molecule has 1 aliphatic rings. The van der Waals surface area contributed by atoms with Gasteiger partial charge in [-0.1, -0.05) is 18.6 Å². The van der Waals surface area contributed by atoms with Gasteiger partial charge in [0.1, 0.15) is 5.82 Å². The maximum atomic E-state index is 13.2. The molecular weight excluding hydrogens is 313 g/mol. The number of rotatable bonds is 3. The van der Waals surface area contributed by atoms with E-state index in [0.29, 0.717) is 11.7 Å². The van der Waals surface area contributed by atoms with E-state index in [2.05, 4.69) is 10.3 Å². The molecule has 1 aromatic heterocycles. The number of nitrogens with zero attached hydrogens (tertiary/aromatic N) is 2. The standard InChI is InChI=1S/C17H20FN3OS/c1-21(11-12-6-5-7-13(18)10-12)17(22)20-16-19-14-8-3-2-4-9-15(14)23-16/h5-7,10H,2-4,8-9,11H2,1H3,(H,19,20,22). The molecule has 0 saturated carbocycles. The SMILES string of the molecule is CN(Cc1cccc(F)c1)C(=O)Nc1nc2c(s1)CCCCC2. The van der Waals surface area contributed by atoms with E-state index >= 15 is 0 Å². The lowest BCUT2D eigenvalue weighted by Crippen LogP contribution is -2.30. The molecule has 6 heteroatoms. The number of thiazole rings is 1. The lowest BCUT2D eigenvalue weighted by atomic mass is 10.2. The summed E-state index contributed by atoms with van der Waals surface area (Å²) in [7, 11) is 1.69. The lowest BCUT2D eigenvalue weighted by molar-refractivity contribution is 0.220. The fourth-order valence-electron chi connectivity index (χ4n) is 2.75. The second kappa shape index (κ2) is 7.08. The smallest absolute Gasteiger partial charge is 0.323 e. The van der Waals surface area contributed by atoms with Crippen LogP contribution in [0.5, 0.6) is 0 Å². The van der Waals surface area contributed by atoms with E-state index in [1.165, 1.54) is 41.2 Å². The summed E-state index contributed by atoms with van der Waals surface area (Å²) in [5.41, 5.74) is 1.90. The summed E-state index contributed by atoms with van der Waals surface area (Å²) < 4.78 is 13.2. The Hall–Kier alpha value is -1.95. The quantitative estimate of drug-likeness (QED) is 0.855. The van der Waals surface area contributed by atoms with Gasteiger partial charge in [-0.05, 0) is 43.4 Å². The van der Waals surface area contributed by atoms with Crippen LogP contribution in [0.2, 0.25) is 0 Å². The number of aromatic nitrogens is 1. The number of hydrogen-bond donors (Lipinski definition) is 1. The molecule has 0 atom stereocenters. The summed E-state index contributed by atoms with van der Waals surface area (Å²) >= 11 is 1.57. The fourth-order valence-corrected chi connectivity index (χ4v) is 3.79. The predicted octanol–water partition coefficient (Wildman–Crippen LogP) is 4.22. The second-order valence-corrected chi connectivity index (χ2v) is 6.95. The molecule has 1 aliphatic carbocycles. The van der Waals surface area contributed by atoms with Gasteiger partial charge < -0.3 is 4.90 Å². The molecule has 1 N–H and O–H groups in total. The summed E-state index contributed by atoms with van der Waals surface area (Å²) in [6.07, 6.45) is 5.68. The number of hydrogen-bond acceptors (Lipinski definition) is 3. The number of nitrogens with one attached hydrogen (secondary N) is 1. The van der Waals surface area contributed by atoms with Crippen LogP contribution in [-0.4, -0.2) is 23.0 Å². The Kier molecular flexibility index (Phi) is 4.91. The number of halogens is 1. The topological polar surface area (TPSA) is 45.2 Å². The first-order valence-corrected chi connectivity index (χ1v) is 8.68. The third-order valence-corrected chi connectivity index (χ3v) is 5.04. The van der Waals surface area contributed by atoms with E-state index in [0.717, 1.165) is 24.1 Å². The first kappa shape index (κ1) is 15.9. The van der Waals surface area contributed by atoms with Gasteiger partial charge in [0.25, 0.3) is 0 Å².